The summed E-state index contributed by atoms with van der Waals surface area (Å²) in [4.78, 5) is 5.45. The van der Waals surface area contributed by atoms with Crippen LogP contribution in [0, 0.1) is 12.8 Å². The first-order chi connectivity index (χ1) is 16.4. The quantitative estimate of drug-likeness (QED) is 0.313. The van der Waals surface area contributed by atoms with E-state index < -0.39 is 0 Å². The van der Waals surface area contributed by atoms with Gasteiger partial charge in [-0.25, -0.2) is 0 Å². The van der Waals surface area contributed by atoms with Crippen molar-refractivity contribution in [1.29, 1.82) is 0 Å². The molecule has 1 aliphatic heterocycles. The second-order valence-electron chi connectivity index (χ2n) is 9.08. The topological polar surface area (TPSA) is 34.7 Å². The third-order valence-corrected chi connectivity index (χ3v) is 6.32. The van der Waals surface area contributed by atoms with E-state index in [-0.39, 0.29) is 38.2 Å². The van der Waals surface area contributed by atoms with E-state index in [1.165, 1.54) is 91.9 Å². The molecule has 1 radical (unpaired) electrons. The Morgan fingerprint density at radius 2 is 1.33 bits per heavy atom. The molecule has 2 aromatic rings. The summed E-state index contributed by atoms with van der Waals surface area (Å²) in [5.74, 6) is 0.861. The molecule has 36 heavy (non-hydrogen) atoms. The first kappa shape index (κ1) is 42.9. The van der Waals surface area contributed by atoms with Gasteiger partial charge in [0.05, 0.1) is 0 Å². The molecule has 0 bridgehead atoms. The fourth-order valence-corrected chi connectivity index (χ4v) is 4.54. The van der Waals surface area contributed by atoms with Crippen molar-refractivity contribution in [3.8, 4) is 0 Å². The molecule has 0 aliphatic carbocycles. The summed E-state index contributed by atoms with van der Waals surface area (Å²) in [7, 11) is 0. The molecule has 1 aliphatic rings. The molecular formula is C32H61NOSY. The summed E-state index contributed by atoms with van der Waals surface area (Å²) in [6.45, 7) is 24.1. The Balaban J connectivity index is -0.000000210. The van der Waals surface area contributed by atoms with Gasteiger partial charge in [-0.2, -0.15) is 0 Å². The number of hydrogen-bond donors (Lipinski definition) is 0. The molecule has 4 heteroatoms. The van der Waals surface area contributed by atoms with E-state index in [0.29, 0.717) is 0 Å². The zero-order valence-electron chi connectivity index (χ0n) is 25.8. The summed E-state index contributed by atoms with van der Waals surface area (Å²) >= 11 is 1.91. The van der Waals surface area contributed by atoms with Crippen LogP contribution in [0.3, 0.4) is 0 Å². The van der Waals surface area contributed by atoms with Gasteiger partial charge in [0.25, 0.3) is 0 Å². The van der Waals surface area contributed by atoms with Gasteiger partial charge < -0.3 is 10.4 Å². The predicted octanol–water partition coefficient (Wildman–Crippen LogP) is 10.3. The number of nitrogens with zero attached hydrogens (tertiary/aromatic N) is 1. The van der Waals surface area contributed by atoms with E-state index in [4.69, 9.17) is 0 Å². The molecule has 0 saturated carbocycles. The SMILES string of the molecule is CC.CCC.CCCCC.CCCc1ccc(C)s1.CCCc1ccc(N2CC[C@@H](C)C2)cc1.O.[Y]. The normalized spacial score (nSPS) is 13.1. The van der Waals surface area contributed by atoms with E-state index >= 15 is 0 Å². The van der Waals surface area contributed by atoms with Crippen molar-refractivity contribution >= 4 is 17.0 Å². The van der Waals surface area contributed by atoms with Crippen molar-refractivity contribution in [2.75, 3.05) is 18.0 Å². The van der Waals surface area contributed by atoms with E-state index in [1.54, 1.807) is 0 Å². The molecule has 1 aromatic heterocycles. The Morgan fingerprint density at radius 3 is 1.67 bits per heavy atom. The average molecular weight is 597 g/mol. The number of unbranched alkanes of at least 4 members (excludes halogenated alkanes) is 2. The third-order valence-electron chi connectivity index (χ3n) is 5.26. The number of hydrogen-bond acceptors (Lipinski definition) is 2. The number of benzene rings is 1. The summed E-state index contributed by atoms with van der Waals surface area (Å²) < 4.78 is 0. The summed E-state index contributed by atoms with van der Waals surface area (Å²) in [6.07, 6.45) is 11.6. The smallest absolute Gasteiger partial charge is 0.0366 e. The first-order valence-corrected chi connectivity index (χ1v) is 15.2. The predicted molar refractivity (Wildman–Crippen MR) is 166 cm³/mol. The molecule has 1 aromatic carbocycles. The van der Waals surface area contributed by atoms with Gasteiger partial charge >= 0.3 is 0 Å². The molecule has 2 nitrogen and oxygen atoms in total. The molecule has 1 saturated heterocycles. The summed E-state index contributed by atoms with van der Waals surface area (Å²) in [6, 6.07) is 13.5. The van der Waals surface area contributed by atoms with Gasteiger partial charge in [0.15, 0.2) is 0 Å². The Hall–Kier alpha value is -0.216. The van der Waals surface area contributed by atoms with Crippen molar-refractivity contribution in [1.82, 2.24) is 0 Å². The van der Waals surface area contributed by atoms with Crippen LogP contribution >= 0.6 is 11.3 Å². The van der Waals surface area contributed by atoms with Gasteiger partial charge in [-0.05, 0) is 61.9 Å². The molecule has 209 valence electrons. The van der Waals surface area contributed by atoms with E-state index in [2.05, 4.69) is 96.7 Å². The molecule has 3 rings (SSSR count). The molecule has 2 N–H and O–H groups in total. The van der Waals surface area contributed by atoms with Crippen molar-refractivity contribution < 1.29 is 38.2 Å². The third kappa shape index (κ3) is 22.9. The van der Waals surface area contributed by atoms with Crippen molar-refractivity contribution in [2.24, 2.45) is 5.92 Å². The molecular weight excluding hydrogens is 535 g/mol. The van der Waals surface area contributed by atoms with Crippen LogP contribution in [0.15, 0.2) is 36.4 Å². The Bertz CT molecular complexity index is 654. The number of rotatable bonds is 7. The van der Waals surface area contributed by atoms with E-state index in [9.17, 15) is 0 Å². The fraction of sp³-hybridized carbons (Fsp3) is 0.688. The van der Waals surface area contributed by atoms with Gasteiger partial charge in [0.1, 0.15) is 0 Å². The standard InChI is InChI=1S/C14H21N.C8H12S.C5H12.C3H8.C2H6.H2O.Y/c1-3-4-13-5-7-14(8-6-13)15-10-9-12(2)11-15;1-3-4-8-6-5-7(2)9-8;1-3-5-4-2;1-3-2;1-2;;/h5-8,12H,3-4,9-11H2,1-2H3;5-6H,3-4H2,1-2H3;3-5H2,1-2H3;3H2,1-2H3;1-2H3;1H2;/t12-;;;;;;/m1....../s1. The van der Waals surface area contributed by atoms with Crippen molar-refractivity contribution in [2.45, 2.75) is 127 Å². The van der Waals surface area contributed by atoms with Crippen LogP contribution in [0.5, 0.6) is 0 Å². The molecule has 2 heterocycles. The summed E-state index contributed by atoms with van der Waals surface area (Å²) in [5.41, 5.74) is 2.87. The van der Waals surface area contributed by atoms with Crippen molar-refractivity contribution in [3.05, 3.63) is 51.7 Å². The van der Waals surface area contributed by atoms with Crippen LogP contribution in [-0.4, -0.2) is 18.6 Å². The van der Waals surface area contributed by atoms with Gasteiger partial charge in [-0.15, -0.1) is 11.3 Å². The maximum Gasteiger partial charge on any atom is 0.0366 e. The molecule has 1 fully saturated rings. The zero-order chi connectivity index (χ0) is 26.2. The van der Waals surface area contributed by atoms with Crippen LogP contribution in [0.25, 0.3) is 0 Å². The molecule has 1 atom stereocenters. The van der Waals surface area contributed by atoms with Crippen LogP contribution in [0.1, 0.15) is 123 Å². The van der Waals surface area contributed by atoms with Gasteiger partial charge in [-0.3, -0.25) is 0 Å². The largest absolute Gasteiger partial charge is 0.412 e. The average Bonchev–Trinajstić information content (AvgIpc) is 3.46. The van der Waals surface area contributed by atoms with Crippen LogP contribution in [0.4, 0.5) is 5.69 Å². The van der Waals surface area contributed by atoms with Gasteiger partial charge in [-0.1, -0.05) is 113 Å². The van der Waals surface area contributed by atoms with E-state index in [0.717, 1.165) is 5.92 Å². The zero-order valence-corrected chi connectivity index (χ0v) is 29.4. The van der Waals surface area contributed by atoms with Gasteiger partial charge in [0, 0.05) is 61.2 Å². The maximum atomic E-state index is 2.50. The van der Waals surface area contributed by atoms with E-state index in [1.807, 2.05) is 25.2 Å². The second kappa shape index (κ2) is 31.0. The minimum atomic E-state index is 0. The Morgan fingerprint density at radius 1 is 0.806 bits per heavy atom. The maximum absolute atomic E-state index is 2.50. The summed E-state index contributed by atoms with van der Waals surface area (Å²) in [5, 5.41) is 0. The number of aryl methyl sites for hydroxylation is 3. The monoisotopic (exact) mass is 596 g/mol. The van der Waals surface area contributed by atoms with Crippen LogP contribution in [0.2, 0.25) is 0 Å². The molecule has 0 amide bonds. The minimum Gasteiger partial charge on any atom is -0.412 e. The number of anilines is 1. The van der Waals surface area contributed by atoms with Crippen LogP contribution < -0.4 is 4.90 Å². The van der Waals surface area contributed by atoms with Crippen LogP contribution in [-0.2, 0) is 45.6 Å². The van der Waals surface area contributed by atoms with Crippen molar-refractivity contribution in [3.63, 3.8) is 0 Å². The Kier molecular flexibility index (Phi) is 36.9. The minimum absolute atomic E-state index is 0. The number of thiophene rings is 1. The fourth-order valence-electron chi connectivity index (χ4n) is 3.55. The molecule has 0 unspecified atom stereocenters. The first-order valence-electron chi connectivity index (χ1n) is 14.3. The molecule has 0 spiro atoms. The Labute approximate surface area is 256 Å². The second-order valence-corrected chi connectivity index (χ2v) is 10.5. The van der Waals surface area contributed by atoms with Gasteiger partial charge in [0.2, 0.25) is 0 Å².